The van der Waals surface area contributed by atoms with E-state index in [4.69, 9.17) is 4.52 Å². The number of hydrogen-bond acceptors (Lipinski definition) is 5. The third-order valence-electron chi connectivity index (χ3n) is 5.32. The smallest absolute Gasteiger partial charge is 0.244 e. The lowest BCUT2D eigenvalue weighted by atomic mass is 10.1. The fraction of sp³-hybridized carbons (Fsp3) is 0.550. The molecule has 6 heteroatoms. The van der Waals surface area contributed by atoms with E-state index in [0.717, 1.165) is 38.2 Å². The van der Waals surface area contributed by atoms with Gasteiger partial charge in [-0.3, -0.25) is 9.69 Å². The lowest BCUT2D eigenvalue weighted by Crippen LogP contribution is -2.50. The number of piperazine rings is 1. The second kappa shape index (κ2) is 7.99. The maximum absolute atomic E-state index is 12.3. The van der Waals surface area contributed by atoms with Crippen molar-refractivity contribution >= 4 is 5.91 Å². The molecule has 1 fully saturated rings. The Morgan fingerprint density at radius 2 is 1.81 bits per heavy atom. The number of carbonyl (C=O) groups is 1. The molecule has 1 saturated heterocycles. The predicted molar refractivity (Wildman–Crippen MR) is 100 cm³/mol. The first-order valence-corrected chi connectivity index (χ1v) is 9.43. The minimum atomic E-state index is 0.0440. The monoisotopic (exact) mass is 356 g/mol. The lowest BCUT2D eigenvalue weighted by molar-refractivity contribution is -0.137. The molecular weight excluding hydrogens is 328 g/mol. The molecule has 1 amide bonds. The number of hydrogen-bond donors (Lipinski definition) is 0. The highest BCUT2D eigenvalue weighted by Gasteiger charge is 2.29. The number of aromatic nitrogens is 2. The number of benzene rings is 1. The van der Waals surface area contributed by atoms with Crippen molar-refractivity contribution in [3.8, 4) is 11.4 Å². The quantitative estimate of drug-likeness (QED) is 0.822. The molecule has 0 saturated carbocycles. The van der Waals surface area contributed by atoms with Gasteiger partial charge >= 0.3 is 0 Å². The number of carbonyl (C=O) groups excluding carboxylic acids is 1. The van der Waals surface area contributed by atoms with Crippen LogP contribution in [0.2, 0.25) is 0 Å². The highest BCUT2D eigenvalue weighted by molar-refractivity contribution is 5.78. The molecule has 26 heavy (non-hydrogen) atoms. The van der Waals surface area contributed by atoms with Gasteiger partial charge in [-0.05, 0) is 20.3 Å². The average Bonchev–Trinajstić information content (AvgIpc) is 3.17. The van der Waals surface area contributed by atoms with Crippen molar-refractivity contribution in [3.63, 3.8) is 0 Å². The molecule has 2 aromatic rings. The Morgan fingerprint density at radius 3 is 2.42 bits per heavy atom. The summed E-state index contributed by atoms with van der Waals surface area (Å²) in [5.74, 6) is 1.62. The third-order valence-corrected chi connectivity index (χ3v) is 5.32. The molecule has 1 aromatic carbocycles. The number of aryl methyl sites for hydroxylation is 1. The van der Waals surface area contributed by atoms with Crippen LogP contribution in [0.4, 0.5) is 0 Å². The summed E-state index contributed by atoms with van der Waals surface area (Å²) in [6.45, 7) is 11.4. The minimum absolute atomic E-state index is 0.0440. The van der Waals surface area contributed by atoms with Gasteiger partial charge in [0.15, 0.2) is 0 Å². The molecule has 3 rings (SSSR count). The van der Waals surface area contributed by atoms with Gasteiger partial charge in [0.05, 0.1) is 6.04 Å². The summed E-state index contributed by atoms with van der Waals surface area (Å²) >= 11 is 0. The first-order valence-electron chi connectivity index (χ1n) is 9.43. The minimum Gasteiger partial charge on any atom is -0.340 e. The summed E-state index contributed by atoms with van der Waals surface area (Å²) in [5, 5.41) is 4.13. The van der Waals surface area contributed by atoms with E-state index in [9.17, 15) is 4.79 Å². The van der Waals surface area contributed by atoms with Crippen molar-refractivity contribution in [2.45, 2.75) is 40.2 Å². The summed E-state index contributed by atoms with van der Waals surface area (Å²) in [6.07, 6.45) is 0.888. The SMILES string of the molecule is CCC(C)C(=O)N1CCN(C(C)c2nc(-c3ccc(C)cc3)no2)CC1. The van der Waals surface area contributed by atoms with Crippen LogP contribution in [0, 0.1) is 12.8 Å². The Hall–Kier alpha value is -2.21. The Bertz CT molecular complexity index is 733. The molecule has 140 valence electrons. The van der Waals surface area contributed by atoms with E-state index in [1.165, 1.54) is 5.56 Å². The number of amides is 1. The predicted octanol–water partition coefficient (Wildman–Crippen LogP) is 3.30. The maximum atomic E-state index is 12.3. The third kappa shape index (κ3) is 3.96. The second-order valence-electron chi connectivity index (χ2n) is 7.17. The van der Waals surface area contributed by atoms with Crippen molar-refractivity contribution in [2.24, 2.45) is 5.92 Å². The van der Waals surface area contributed by atoms with Crippen LogP contribution in [0.1, 0.15) is 44.7 Å². The van der Waals surface area contributed by atoms with Crippen LogP contribution >= 0.6 is 0 Å². The van der Waals surface area contributed by atoms with Gasteiger partial charge in [-0.2, -0.15) is 4.98 Å². The standard InChI is InChI=1S/C20H28N4O2/c1-5-15(3)20(25)24-12-10-23(11-13-24)16(4)19-21-18(22-26-19)17-8-6-14(2)7-9-17/h6-9,15-16H,5,10-13H2,1-4H3. The van der Waals surface area contributed by atoms with Crippen LogP contribution in [0.3, 0.4) is 0 Å². The van der Waals surface area contributed by atoms with Gasteiger partial charge < -0.3 is 9.42 Å². The zero-order chi connectivity index (χ0) is 18.7. The zero-order valence-electron chi connectivity index (χ0n) is 16.1. The molecule has 2 heterocycles. The van der Waals surface area contributed by atoms with E-state index < -0.39 is 0 Å². The van der Waals surface area contributed by atoms with Crippen molar-refractivity contribution in [2.75, 3.05) is 26.2 Å². The second-order valence-corrected chi connectivity index (χ2v) is 7.17. The van der Waals surface area contributed by atoms with Crippen LogP contribution in [0.15, 0.2) is 28.8 Å². The van der Waals surface area contributed by atoms with Crippen LogP contribution in [0.5, 0.6) is 0 Å². The molecule has 2 atom stereocenters. The molecule has 1 aliphatic heterocycles. The highest BCUT2D eigenvalue weighted by atomic mass is 16.5. The topological polar surface area (TPSA) is 62.5 Å². The van der Waals surface area contributed by atoms with Crippen molar-refractivity contribution in [1.29, 1.82) is 0 Å². The van der Waals surface area contributed by atoms with Gasteiger partial charge in [0.1, 0.15) is 0 Å². The van der Waals surface area contributed by atoms with Crippen LogP contribution < -0.4 is 0 Å². The fourth-order valence-electron chi connectivity index (χ4n) is 3.20. The Balaban J connectivity index is 1.61. The summed E-state index contributed by atoms with van der Waals surface area (Å²) < 4.78 is 5.51. The normalized spacial score (nSPS) is 17.9. The summed E-state index contributed by atoms with van der Waals surface area (Å²) in [6, 6.07) is 8.15. The largest absolute Gasteiger partial charge is 0.340 e. The van der Waals surface area contributed by atoms with E-state index in [1.807, 2.05) is 36.1 Å². The van der Waals surface area contributed by atoms with Gasteiger partial charge in [0.2, 0.25) is 17.6 Å². The molecule has 2 unspecified atom stereocenters. The zero-order valence-corrected chi connectivity index (χ0v) is 16.1. The Labute approximate surface area is 155 Å². The molecule has 6 nitrogen and oxygen atoms in total. The molecule has 0 bridgehead atoms. The van der Waals surface area contributed by atoms with Crippen LogP contribution in [-0.2, 0) is 4.79 Å². The molecule has 0 spiro atoms. The van der Waals surface area contributed by atoms with Gasteiger partial charge in [0, 0.05) is 37.7 Å². The van der Waals surface area contributed by atoms with Crippen LogP contribution in [-0.4, -0.2) is 52.0 Å². The van der Waals surface area contributed by atoms with Crippen molar-refractivity contribution < 1.29 is 9.32 Å². The lowest BCUT2D eigenvalue weighted by Gasteiger charge is -2.37. The van der Waals surface area contributed by atoms with Crippen LogP contribution in [0.25, 0.3) is 11.4 Å². The molecule has 0 aliphatic carbocycles. The van der Waals surface area contributed by atoms with E-state index >= 15 is 0 Å². The molecule has 1 aliphatic rings. The van der Waals surface area contributed by atoms with Crippen molar-refractivity contribution in [1.82, 2.24) is 19.9 Å². The van der Waals surface area contributed by atoms with Crippen molar-refractivity contribution in [3.05, 3.63) is 35.7 Å². The first-order chi connectivity index (χ1) is 12.5. The molecule has 1 aromatic heterocycles. The summed E-state index contributed by atoms with van der Waals surface area (Å²) in [4.78, 5) is 21.2. The fourth-order valence-corrected chi connectivity index (χ4v) is 3.20. The van der Waals surface area contributed by atoms with Gasteiger partial charge in [0.25, 0.3) is 0 Å². The Morgan fingerprint density at radius 1 is 1.15 bits per heavy atom. The summed E-state index contributed by atoms with van der Waals surface area (Å²) in [5.41, 5.74) is 2.16. The number of rotatable bonds is 5. The van der Waals surface area contributed by atoms with E-state index in [2.05, 4.69) is 35.8 Å². The average molecular weight is 356 g/mol. The number of nitrogens with zero attached hydrogens (tertiary/aromatic N) is 4. The Kier molecular flexibility index (Phi) is 5.71. The van der Waals surface area contributed by atoms with Gasteiger partial charge in [-0.1, -0.05) is 48.8 Å². The van der Waals surface area contributed by atoms with Gasteiger partial charge in [-0.25, -0.2) is 0 Å². The van der Waals surface area contributed by atoms with E-state index in [-0.39, 0.29) is 17.9 Å². The molecule has 0 N–H and O–H groups in total. The molecular formula is C20H28N4O2. The molecule has 0 radical (unpaired) electrons. The van der Waals surface area contributed by atoms with Gasteiger partial charge in [-0.15, -0.1) is 0 Å². The first kappa shape index (κ1) is 18.6. The highest BCUT2D eigenvalue weighted by Crippen LogP contribution is 2.24. The van der Waals surface area contributed by atoms with E-state index in [0.29, 0.717) is 11.7 Å². The van der Waals surface area contributed by atoms with E-state index in [1.54, 1.807) is 0 Å². The maximum Gasteiger partial charge on any atom is 0.244 e. The summed E-state index contributed by atoms with van der Waals surface area (Å²) in [7, 11) is 0.